The number of aryl methyl sites for hydroxylation is 1. The molecule has 10 nitrogen and oxygen atoms in total. The number of anilines is 1. The second kappa shape index (κ2) is 7.08. The number of hydrogen-bond acceptors (Lipinski definition) is 7. The highest BCUT2D eigenvalue weighted by molar-refractivity contribution is 5.66. The van der Waals surface area contributed by atoms with Crippen molar-refractivity contribution in [1.82, 2.24) is 29.5 Å². The molecule has 0 bridgehead atoms. The molecule has 0 atom stereocenters. The van der Waals surface area contributed by atoms with Crippen molar-refractivity contribution in [2.45, 2.75) is 6.92 Å². The largest absolute Gasteiger partial charge is 0.382 e. The molecule has 4 heterocycles. The lowest BCUT2D eigenvalue weighted by atomic mass is 10.4. The summed E-state index contributed by atoms with van der Waals surface area (Å²) >= 11 is 0. The van der Waals surface area contributed by atoms with E-state index < -0.39 is 0 Å². The van der Waals surface area contributed by atoms with E-state index in [1.807, 2.05) is 12.1 Å². The Kier molecular flexibility index (Phi) is 4.31. The Morgan fingerprint density at radius 2 is 1.68 bits per heavy atom. The summed E-state index contributed by atoms with van der Waals surface area (Å²) in [6.45, 7) is 9.12. The average Bonchev–Trinajstić information content (AvgIpc) is 3.28. The standard InChI is InChI=1S/C18H14N10/c1-12-16(17(19)27(26-12)14-7-3-5-9-21-14)24-25-18-13(20-2)11-23-28(18)15-8-4-6-10-22-15/h3-11H,19H2,1H3. The highest BCUT2D eigenvalue weighted by Gasteiger charge is 2.16. The molecule has 0 unspecified atom stereocenters. The maximum atomic E-state index is 7.34. The van der Waals surface area contributed by atoms with Crippen molar-refractivity contribution >= 4 is 23.0 Å². The fourth-order valence-corrected chi connectivity index (χ4v) is 2.56. The number of azo groups is 1. The van der Waals surface area contributed by atoms with Gasteiger partial charge in [0.05, 0.1) is 18.5 Å². The van der Waals surface area contributed by atoms with Gasteiger partial charge < -0.3 is 5.73 Å². The Hall–Kier alpha value is -4.39. The molecular weight excluding hydrogens is 356 g/mol. The molecular formula is C18H14N10. The second-order valence-electron chi connectivity index (χ2n) is 5.68. The smallest absolute Gasteiger partial charge is 0.252 e. The Labute approximate surface area is 159 Å². The van der Waals surface area contributed by atoms with E-state index in [-0.39, 0.29) is 11.5 Å². The minimum Gasteiger partial charge on any atom is -0.382 e. The SMILES string of the molecule is [C-]#[N+]c1cnn(-c2ccccn2)c1N=Nc1c(C)nn(-c2ccccn2)c1N. The molecule has 4 aromatic heterocycles. The normalized spacial score (nSPS) is 11.0. The number of nitrogens with two attached hydrogens (primary N) is 1. The Bertz CT molecular complexity index is 1180. The summed E-state index contributed by atoms with van der Waals surface area (Å²) in [6, 6.07) is 10.8. The fraction of sp³-hybridized carbons (Fsp3) is 0.0556. The second-order valence-corrected chi connectivity index (χ2v) is 5.68. The molecule has 0 aliphatic heterocycles. The molecule has 2 N–H and O–H groups in total. The van der Waals surface area contributed by atoms with Gasteiger partial charge in [0.1, 0.15) is 0 Å². The molecule has 0 aliphatic rings. The molecule has 0 aromatic carbocycles. The van der Waals surface area contributed by atoms with Crippen LogP contribution in [-0.4, -0.2) is 29.5 Å². The van der Waals surface area contributed by atoms with Crippen LogP contribution in [0.15, 0.2) is 65.2 Å². The van der Waals surface area contributed by atoms with Crippen molar-refractivity contribution in [3.8, 4) is 11.6 Å². The number of hydrogen-bond donors (Lipinski definition) is 1. The van der Waals surface area contributed by atoms with Gasteiger partial charge in [0, 0.05) is 12.4 Å². The molecule has 0 fully saturated rings. The van der Waals surface area contributed by atoms with E-state index in [4.69, 9.17) is 12.3 Å². The van der Waals surface area contributed by atoms with E-state index in [0.29, 0.717) is 28.8 Å². The lowest BCUT2D eigenvalue weighted by molar-refractivity contribution is 0.839. The third-order valence-corrected chi connectivity index (χ3v) is 3.89. The Morgan fingerprint density at radius 1 is 1.00 bits per heavy atom. The highest BCUT2D eigenvalue weighted by Crippen LogP contribution is 2.34. The van der Waals surface area contributed by atoms with Crippen LogP contribution >= 0.6 is 0 Å². The Balaban J connectivity index is 1.76. The zero-order chi connectivity index (χ0) is 19.5. The van der Waals surface area contributed by atoms with Crippen LogP contribution in [0.3, 0.4) is 0 Å². The fourth-order valence-electron chi connectivity index (χ4n) is 2.56. The van der Waals surface area contributed by atoms with Gasteiger partial charge in [0.25, 0.3) is 5.69 Å². The number of pyridine rings is 2. The molecule has 0 spiro atoms. The predicted octanol–water partition coefficient (Wildman–Crippen LogP) is 3.70. The first kappa shape index (κ1) is 17.0. The van der Waals surface area contributed by atoms with Crippen molar-refractivity contribution < 1.29 is 0 Å². The molecule has 0 radical (unpaired) electrons. The van der Waals surface area contributed by atoms with Gasteiger partial charge in [0.2, 0.25) is 0 Å². The predicted molar refractivity (Wildman–Crippen MR) is 102 cm³/mol. The third kappa shape index (κ3) is 2.97. The quantitative estimate of drug-likeness (QED) is 0.434. The van der Waals surface area contributed by atoms with E-state index in [1.54, 1.807) is 43.6 Å². The molecule has 28 heavy (non-hydrogen) atoms. The van der Waals surface area contributed by atoms with Crippen molar-refractivity contribution in [2.24, 2.45) is 10.2 Å². The summed E-state index contributed by atoms with van der Waals surface area (Å²) < 4.78 is 2.95. The number of nitrogens with zero attached hydrogens (tertiary/aromatic N) is 9. The van der Waals surface area contributed by atoms with Crippen LogP contribution < -0.4 is 5.73 Å². The summed E-state index contributed by atoms with van der Waals surface area (Å²) in [4.78, 5) is 11.9. The van der Waals surface area contributed by atoms with Gasteiger partial charge in [0.15, 0.2) is 29.0 Å². The first-order valence-electron chi connectivity index (χ1n) is 8.24. The first-order valence-corrected chi connectivity index (χ1v) is 8.24. The number of rotatable bonds is 4. The van der Waals surface area contributed by atoms with Gasteiger partial charge >= 0.3 is 0 Å². The third-order valence-electron chi connectivity index (χ3n) is 3.89. The molecule has 4 aromatic rings. The van der Waals surface area contributed by atoms with Crippen LogP contribution in [-0.2, 0) is 0 Å². The number of aromatic nitrogens is 6. The molecule has 0 amide bonds. The summed E-state index contributed by atoms with van der Waals surface area (Å²) in [6.07, 6.45) is 4.71. The maximum Gasteiger partial charge on any atom is 0.252 e. The van der Waals surface area contributed by atoms with Crippen LogP contribution in [0.2, 0.25) is 0 Å². The average molecular weight is 370 g/mol. The van der Waals surface area contributed by atoms with Crippen LogP contribution in [0, 0.1) is 13.5 Å². The zero-order valence-electron chi connectivity index (χ0n) is 14.8. The topological polar surface area (TPSA) is 117 Å². The first-order chi connectivity index (χ1) is 13.7. The van der Waals surface area contributed by atoms with Crippen LogP contribution in [0.25, 0.3) is 16.5 Å². The minimum atomic E-state index is 0.253. The molecule has 0 saturated heterocycles. The summed E-state index contributed by atoms with van der Waals surface area (Å²) in [5.74, 6) is 1.66. The lowest BCUT2D eigenvalue weighted by Crippen LogP contribution is -2.03. The lowest BCUT2D eigenvalue weighted by Gasteiger charge is -2.03. The van der Waals surface area contributed by atoms with Gasteiger partial charge in [-0.1, -0.05) is 12.1 Å². The molecule has 0 saturated carbocycles. The summed E-state index contributed by atoms with van der Waals surface area (Å²) in [5, 5.41) is 17.1. The minimum absolute atomic E-state index is 0.253. The van der Waals surface area contributed by atoms with Gasteiger partial charge in [-0.3, -0.25) is 0 Å². The van der Waals surface area contributed by atoms with E-state index in [1.165, 1.54) is 15.6 Å². The molecule has 0 aliphatic carbocycles. The van der Waals surface area contributed by atoms with Crippen molar-refractivity contribution in [3.63, 3.8) is 0 Å². The summed E-state index contributed by atoms with van der Waals surface area (Å²) in [5.41, 5.74) is 7.44. The van der Waals surface area contributed by atoms with Crippen molar-refractivity contribution in [1.29, 1.82) is 0 Å². The number of nitrogen functional groups attached to an aromatic ring is 1. The van der Waals surface area contributed by atoms with Crippen LogP contribution in [0.4, 0.5) is 23.0 Å². The van der Waals surface area contributed by atoms with E-state index in [9.17, 15) is 0 Å². The van der Waals surface area contributed by atoms with E-state index in [2.05, 4.69) is 35.2 Å². The van der Waals surface area contributed by atoms with Crippen LogP contribution in [0.5, 0.6) is 0 Å². The molecule has 10 heteroatoms. The Morgan fingerprint density at radius 3 is 2.29 bits per heavy atom. The van der Waals surface area contributed by atoms with Gasteiger partial charge in [-0.25, -0.2) is 19.5 Å². The monoisotopic (exact) mass is 370 g/mol. The van der Waals surface area contributed by atoms with Gasteiger partial charge in [-0.05, 0) is 31.2 Å². The maximum absolute atomic E-state index is 7.34. The zero-order valence-corrected chi connectivity index (χ0v) is 14.8. The molecule has 136 valence electrons. The molecule has 4 rings (SSSR count). The summed E-state index contributed by atoms with van der Waals surface area (Å²) in [7, 11) is 0. The highest BCUT2D eigenvalue weighted by atomic mass is 15.4. The van der Waals surface area contributed by atoms with Gasteiger partial charge in [-0.15, -0.1) is 10.2 Å². The van der Waals surface area contributed by atoms with Crippen LogP contribution in [0.1, 0.15) is 5.69 Å². The van der Waals surface area contributed by atoms with E-state index >= 15 is 0 Å². The van der Waals surface area contributed by atoms with Crippen molar-refractivity contribution in [3.05, 3.63) is 72.1 Å². The van der Waals surface area contributed by atoms with E-state index in [0.717, 1.165) is 0 Å². The van der Waals surface area contributed by atoms with Crippen molar-refractivity contribution in [2.75, 3.05) is 5.73 Å². The van der Waals surface area contributed by atoms with Gasteiger partial charge in [-0.2, -0.15) is 14.9 Å².